The van der Waals surface area contributed by atoms with Crippen LogP contribution in [0.4, 0.5) is 0 Å². The zero-order valence-corrected chi connectivity index (χ0v) is 16.2. The minimum atomic E-state index is -0.258. The van der Waals surface area contributed by atoms with Crippen LogP contribution in [0.25, 0.3) is 10.8 Å². The summed E-state index contributed by atoms with van der Waals surface area (Å²) in [6.45, 7) is 1.14. The van der Waals surface area contributed by atoms with Crippen molar-refractivity contribution in [1.29, 1.82) is 0 Å². The largest absolute Gasteiger partial charge is 0.484 e. The van der Waals surface area contributed by atoms with Gasteiger partial charge in [-0.05, 0) is 34.9 Å². The molecule has 0 radical (unpaired) electrons. The maximum absolute atomic E-state index is 12.6. The molecular weight excluding hydrogens is 364 g/mol. The van der Waals surface area contributed by atoms with E-state index >= 15 is 0 Å². The molecule has 148 valence electrons. The highest BCUT2D eigenvalue weighted by Gasteiger charge is 2.25. The Morgan fingerprint density at radius 3 is 2.52 bits per heavy atom. The Kier molecular flexibility index (Phi) is 5.75. The number of rotatable bonds is 7. The van der Waals surface area contributed by atoms with Crippen LogP contribution in [0.1, 0.15) is 24.4 Å². The molecule has 3 aromatic carbocycles. The Hall–Kier alpha value is -3.34. The average molecular weight is 388 g/mol. The number of hydrogen-bond acceptors (Lipinski definition) is 3. The summed E-state index contributed by atoms with van der Waals surface area (Å²) in [5, 5.41) is 5.23. The number of amides is 2. The second-order valence-electron chi connectivity index (χ2n) is 7.27. The van der Waals surface area contributed by atoms with Gasteiger partial charge in [-0.2, -0.15) is 0 Å². The second kappa shape index (κ2) is 8.78. The zero-order chi connectivity index (χ0) is 20.1. The van der Waals surface area contributed by atoms with Gasteiger partial charge in [-0.15, -0.1) is 0 Å². The molecule has 0 aromatic heterocycles. The molecule has 3 aromatic rings. The quantitative estimate of drug-likeness (QED) is 0.671. The van der Waals surface area contributed by atoms with E-state index in [2.05, 4.69) is 5.32 Å². The minimum Gasteiger partial charge on any atom is -0.484 e. The molecule has 1 unspecified atom stereocenters. The van der Waals surface area contributed by atoms with E-state index < -0.39 is 0 Å². The molecule has 0 spiro atoms. The van der Waals surface area contributed by atoms with E-state index in [-0.39, 0.29) is 24.5 Å². The first-order chi connectivity index (χ1) is 14.2. The van der Waals surface area contributed by atoms with Crippen molar-refractivity contribution in [3.05, 3.63) is 78.4 Å². The predicted molar refractivity (Wildman–Crippen MR) is 113 cm³/mol. The second-order valence-corrected chi connectivity index (χ2v) is 7.27. The van der Waals surface area contributed by atoms with Crippen LogP contribution in [0.5, 0.6) is 5.75 Å². The van der Waals surface area contributed by atoms with Crippen molar-refractivity contribution < 1.29 is 14.3 Å². The van der Waals surface area contributed by atoms with Gasteiger partial charge in [0.25, 0.3) is 5.91 Å². The number of nitrogens with one attached hydrogen (secondary N) is 1. The normalized spacial score (nSPS) is 14.8. The SMILES string of the molecule is O=C(COc1ccc2ccccc2c1)NC(CN1CCCC1=O)c1ccccc1. The van der Waals surface area contributed by atoms with E-state index in [0.717, 1.165) is 29.3 Å². The van der Waals surface area contributed by atoms with E-state index in [4.69, 9.17) is 4.74 Å². The van der Waals surface area contributed by atoms with Crippen molar-refractivity contribution in [2.24, 2.45) is 0 Å². The molecule has 29 heavy (non-hydrogen) atoms. The summed E-state index contributed by atoms with van der Waals surface area (Å²) in [6, 6.07) is 23.3. The van der Waals surface area contributed by atoms with Gasteiger partial charge in [-0.1, -0.05) is 60.7 Å². The molecule has 0 aliphatic carbocycles. The van der Waals surface area contributed by atoms with Gasteiger partial charge in [-0.3, -0.25) is 9.59 Å². The number of hydrogen-bond donors (Lipinski definition) is 1. The molecule has 4 rings (SSSR count). The molecule has 1 fully saturated rings. The van der Waals surface area contributed by atoms with Crippen molar-refractivity contribution in [3.63, 3.8) is 0 Å². The van der Waals surface area contributed by atoms with Gasteiger partial charge in [0.15, 0.2) is 6.61 Å². The van der Waals surface area contributed by atoms with Crippen LogP contribution in [0.3, 0.4) is 0 Å². The number of ether oxygens (including phenoxy) is 1. The summed E-state index contributed by atoms with van der Waals surface area (Å²) in [4.78, 5) is 26.4. The van der Waals surface area contributed by atoms with Gasteiger partial charge in [-0.25, -0.2) is 0 Å². The lowest BCUT2D eigenvalue weighted by Gasteiger charge is -2.25. The maximum Gasteiger partial charge on any atom is 0.258 e. The first kappa shape index (κ1) is 19.0. The number of nitrogens with zero attached hydrogens (tertiary/aromatic N) is 1. The molecule has 1 heterocycles. The fourth-order valence-corrected chi connectivity index (χ4v) is 3.68. The molecule has 1 atom stereocenters. The van der Waals surface area contributed by atoms with Crippen molar-refractivity contribution >= 4 is 22.6 Å². The number of benzene rings is 3. The summed E-state index contributed by atoms with van der Waals surface area (Å²) in [7, 11) is 0. The molecular formula is C24H24N2O3. The fourth-order valence-electron chi connectivity index (χ4n) is 3.68. The Morgan fingerprint density at radius 2 is 1.76 bits per heavy atom. The third kappa shape index (κ3) is 4.74. The molecule has 0 bridgehead atoms. The molecule has 1 aliphatic heterocycles. The van der Waals surface area contributed by atoms with Gasteiger partial charge in [0, 0.05) is 19.5 Å². The van der Waals surface area contributed by atoms with E-state index in [1.165, 1.54) is 0 Å². The van der Waals surface area contributed by atoms with Gasteiger partial charge >= 0.3 is 0 Å². The molecule has 5 heteroatoms. The monoisotopic (exact) mass is 388 g/mol. The van der Waals surface area contributed by atoms with Gasteiger partial charge in [0.05, 0.1) is 6.04 Å². The third-order valence-electron chi connectivity index (χ3n) is 5.20. The first-order valence-corrected chi connectivity index (χ1v) is 9.93. The van der Waals surface area contributed by atoms with E-state index in [1.54, 1.807) is 0 Å². The maximum atomic E-state index is 12.6. The summed E-state index contributed by atoms with van der Waals surface area (Å²) < 4.78 is 5.71. The van der Waals surface area contributed by atoms with Crippen LogP contribution >= 0.6 is 0 Å². The van der Waals surface area contributed by atoms with Crippen LogP contribution in [0, 0.1) is 0 Å². The third-order valence-corrected chi connectivity index (χ3v) is 5.20. The Bertz CT molecular complexity index is 1000. The van der Waals surface area contributed by atoms with Crippen LogP contribution in [0.2, 0.25) is 0 Å². The summed E-state index contributed by atoms with van der Waals surface area (Å²) in [5.74, 6) is 0.594. The highest BCUT2D eigenvalue weighted by molar-refractivity contribution is 5.84. The van der Waals surface area contributed by atoms with E-state index in [9.17, 15) is 9.59 Å². The predicted octanol–water partition coefficient (Wildman–Crippen LogP) is 3.70. The summed E-state index contributed by atoms with van der Waals surface area (Å²) >= 11 is 0. The van der Waals surface area contributed by atoms with Crippen molar-refractivity contribution in [2.75, 3.05) is 19.7 Å². The van der Waals surface area contributed by atoms with Crippen LogP contribution < -0.4 is 10.1 Å². The summed E-state index contributed by atoms with van der Waals surface area (Å²) in [5.41, 5.74) is 0.978. The van der Waals surface area contributed by atoms with Crippen LogP contribution in [-0.4, -0.2) is 36.4 Å². The standard InChI is InChI=1S/C24H24N2O3/c27-23(17-29-21-13-12-18-7-4-5-10-20(18)15-21)25-22(19-8-2-1-3-9-19)16-26-14-6-11-24(26)28/h1-5,7-10,12-13,15,22H,6,11,14,16-17H2,(H,25,27). The van der Waals surface area contributed by atoms with E-state index in [1.807, 2.05) is 77.7 Å². The van der Waals surface area contributed by atoms with E-state index in [0.29, 0.717) is 18.7 Å². The Morgan fingerprint density at radius 1 is 1.00 bits per heavy atom. The number of carbonyl (C=O) groups is 2. The summed E-state index contributed by atoms with van der Waals surface area (Å²) in [6.07, 6.45) is 1.46. The lowest BCUT2D eigenvalue weighted by atomic mass is 10.1. The van der Waals surface area contributed by atoms with Crippen LogP contribution in [0.15, 0.2) is 72.8 Å². The molecule has 0 saturated carbocycles. The highest BCUT2D eigenvalue weighted by atomic mass is 16.5. The van der Waals surface area contributed by atoms with Gasteiger partial charge in [0.2, 0.25) is 5.91 Å². The molecule has 5 nitrogen and oxygen atoms in total. The minimum absolute atomic E-state index is 0.0738. The van der Waals surface area contributed by atoms with Crippen LogP contribution in [-0.2, 0) is 9.59 Å². The first-order valence-electron chi connectivity index (χ1n) is 9.93. The lowest BCUT2D eigenvalue weighted by molar-refractivity contribution is -0.129. The lowest BCUT2D eigenvalue weighted by Crippen LogP contribution is -2.40. The molecule has 2 amide bonds. The van der Waals surface area contributed by atoms with Crippen molar-refractivity contribution in [2.45, 2.75) is 18.9 Å². The number of fused-ring (bicyclic) bond motifs is 1. The highest BCUT2D eigenvalue weighted by Crippen LogP contribution is 2.21. The van der Waals surface area contributed by atoms with Crippen molar-refractivity contribution in [3.8, 4) is 5.75 Å². The number of likely N-dealkylation sites (tertiary alicyclic amines) is 1. The van der Waals surface area contributed by atoms with Gasteiger partial charge < -0.3 is 15.0 Å². The fraction of sp³-hybridized carbons (Fsp3) is 0.250. The van der Waals surface area contributed by atoms with Crippen molar-refractivity contribution in [1.82, 2.24) is 10.2 Å². The van der Waals surface area contributed by atoms with Gasteiger partial charge in [0.1, 0.15) is 5.75 Å². The Labute approximate surface area is 170 Å². The molecule has 1 N–H and O–H groups in total. The smallest absolute Gasteiger partial charge is 0.258 e. The molecule has 1 aliphatic rings. The Balaban J connectivity index is 1.40. The topological polar surface area (TPSA) is 58.6 Å². The average Bonchev–Trinajstić information content (AvgIpc) is 3.16. The number of carbonyl (C=O) groups excluding carboxylic acids is 2. The zero-order valence-electron chi connectivity index (χ0n) is 16.2. The molecule has 1 saturated heterocycles.